The third-order valence-electron chi connectivity index (χ3n) is 2.84. The second kappa shape index (κ2) is 5.48. The zero-order valence-electron chi connectivity index (χ0n) is 11.0. The number of nitro groups is 1. The highest BCUT2D eigenvalue weighted by molar-refractivity contribution is 5.63. The SMILES string of the molecule is Cc1ccc([N+](=O)[O-])cc1-c1noc(CC(C)C#N)n1. The number of aryl methyl sites for hydroxylation is 1. The molecule has 7 nitrogen and oxygen atoms in total. The minimum atomic E-state index is -0.471. The summed E-state index contributed by atoms with van der Waals surface area (Å²) in [7, 11) is 0. The van der Waals surface area contributed by atoms with Crippen LogP contribution in [0.2, 0.25) is 0 Å². The lowest BCUT2D eigenvalue weighted by molar-refractivity contribution is -0.384. The first kappa shape index (κ1) is 13.7. The van der Waals surface area contributed by atoms with Crippen molar-refractivity contribution in [3.8, 4) is 17.5 Å². The number of non-ortho nitro benzene ring substituents is 1. The molecule has 0 N–H and O–H groups in total. The van der Waals surface area contributed by atoms with Crippen molar-refractivity contribution in [3.63, 3.8) is 0 Å². The zero-order chi connectivity index (χ0) is 14.7. The van der Waals surface area contributed by atoms with E-state index in [0.717, 1.165) is 5.56 Å². The van der Waals surface area contributed by atoms with Crippen LogP contribution in [0.5, 0.6) is 0 Å². The van der Waals surface area contributed by atoms with E-state index in [-0.39, 0.29) is 11.6 Å². The highest BCUT2D eigenvalue weighted by atomic mass is 16.6. The lowest BCUT2D eigenvalue weighted by Gasteiger charge is -2.00. The summed E-state index contributed by atoms with van der Waals surface area (Å²) in [5.41, 5.74) is 1.34. The van der Waals surface area contributed by atoms with Gasteiger partial charge in [-0.15, -0.1) is 0 Å². The molecular weight excluding hydrogens is 260 g/mol. The van der Waals surface area contributed by atoms with Crippen molar-refractivity contribution in [2.45, 2.75) is 20.3 Å². The van der Waals surface area contributed by atoms with E-state index in [9.17, 15) is 10.1 Å². The van der Waals surface area contributed by atoms with Gasteiger partial charge in [-0.1, -0.05) is 11.2 Å². The molecule has 0 aliphatic heterocycles. The Morgan fingerprint density at radius 3 is 2.95 bits per heavy atom. The second-order valence-corrected chi connectivity index (χ2v) is 4.50. The minimum Gasteiger partial charge on any atom is -0.339 e. The smallest absolute Gasteiger partial charge is 0.270 e. The summed E-state index contributed by atoms with van der Waals surface area (Å²) in [6, 6.07) is 6.56. The number of aromatic nitrogens is 2. The fraction of sp³-hybridized carbons (Fsp3) is 0.308. The van der Waals surface area contributed by atoms with Gasteiger partial charge in [0.25, 0.3) is 5.69 Å². The van der Waals surface area contributed by atoms with Gasteiger partial charge < -0.3 is 4.52 Å². The Kier molecular flexibility index (Phi) is 3.75. The average Bonchev–Trinajstić information content (AvgIpc) is 2.87. The molecule has 0 radical (unpaired) electrons. The predicted molar refractivity (Wildman–Crippen MR) is 69.6 cm³/mol. The van der Waals surface area contributed by atoms with Crippen LogP contribution in [0.1, 0.15) is 18.4 Å². The Bertz CT molecular complexity index is 687. The maximum absolute atomic E-state index is 10.8. The standard InChI is InChI=1S/C13H12N4O3/c1-8(7-14)5-12-15-13(16-20-12)11-6-10(17(18)19)4-3-9(11)2/h3-4,6,8H,5H2,1-2H3. The van der Waals surface area contributed by atoms with Crippen LogP contribution >= 0.6 is 0 Å². The average molecular weight is 272 g/mol. The predicted octanol–water partition coefficient (Wildman–Crippen LogP) is 2.66. The monoisotopic (exact) mass is 272 g/mol. The maximum Gasteiger partial charge on any atom is 0.270 e. The van der Waals surface area contributed by atoms with E-state index in [1.165, 1.54) is 12.1 Å². The molecule has 0 fully saturated rings. The van der Waals surface area contributed by atoms with E-state index in [4.69, 9.17) is 9.78 Å². The van der Waals surface area contributed by atoms with Crippen LogP contribution in [0.3, 0.4) is 0 Å². The Morgan fingerprint density at radius 2 is 2.30 bits per heavy atom. The summed E-state index contributed by atoms with van der Waals surface area (Å²) in [5, 5.41) is 23.4. The third kappa shape index (κ3) is 2.80. The fourth-order valence-electron chi connectivity index (χ4n) is 1.72. The van der Waals surface area contributed by atoms with Crippen LogP contribution in [0.4, 0.5) is 5.69 Å². The highest BCUT2D eigenvalue weighted by Gasteiger charge is 2.16. The molecule has 0 aliphatic carbocycles. The van der Waals surface area contributed by atoms with Crippen molar-refractivity contribution in [2.75, 3.05) is 0 Å². The molecule has 7 heteroatoms. The van der Waals surface area contributed by atoms with Gasteiger partial charge in [0.1, 0.15) is 0 Å². The van der Waals surface area contributed by atoms with Crippen LogP contribution < -0.4 is 0 Å². The van der Waals surface area contributed by atoms with Crippen molar-refractivity contribution in [2.24, 2.45) is 5.92 Å². The maximum atomic E-state index is 10.8. The molecule has 1 heterocycles. The molecule has 0 saturated heterocycles. The largest absolute Gasteiger partial charge is 0.339 e. The molecule has 1 aromatic heterocycles. The van der Waals surface area contributed by atoms with Crippen molar-refractivity contribution in [3.05, 3.63) is 39.8 Å². The Balaban J connectivity index is 2.35. The van der Waals surface area contributed by atoms with Crippen LogP contribution in [0.25, 0.3) is 11.4 Å². The van der Waals surface area contributed by atoms with Gasteiger partial charge in [0.15, 0.2) is 0 Å². The van der Waals surface area contributed by atoms with E-state index in [1.54, 1.807) is 13.0 Å². The van der Waals surface area contributed by atoms with Crippen molar-refractivity contribution in [1.29, 1.82) is 5.26 Å². The van der Waals surface area contributed by atoms with Crippen LogP contribution in [-0.2, 0) is 6.42 Å². The molecule has 0 saturated carbocycles. The fourth-order valence-corrected chi connectivity index (χ4v) is 1.72. The third-order valence-corrected chi connectivity index (χ3v) is 2.84. The number of nitriles is 1. The summed E-state index contributed by atoms with van der Waals surface area (Å²) in [6.07, 6.45) is 0.359. The highest BCUT2D eigenvalue weighted by Crippen LogP contribution is 2.25. The van der Waals surface area contributed by atoms with Gasteiger partial charge >= 0.3 is 0 Å². The van der Waals surface area contributed by atoms with E-state index in [2.05, 4.69) is 16.2 Å². The van der Waals surface area contributed by atoms with E-state index in [0.29, 0.717) is 23.7 Å². The Morgan fingerprint density at radius 1 is 1.55 bits per heavy atom. The lowest BCUT2D eigenvalue weighted by atomic mass is 10.1. The first-order valence-electron chi connectivity index (χ1n) is 5.99. The normalized spacial score (nSPS) is 11.8. The van der Waals surface area contributed by atoms with Crippen LogP contribution in [0, 0.1) is 34.3 Å². The van der Waals surface area contributed by atoms with Gasteiger partial charge in [-0.2, -0.15) is 10.2 Å². The first-order chi connectivity index (χ1) is 9.51. The summed E-state index contributed by atoms with van der Waals surface area (Å²) < 4.78 is 5.06. The van der Waals surface area contributed by atoms with Gasteiger partial charge in [0.2, 0.25) is 11.7 Å². The van der Waals surface area contributed by atoms with Gasteiger partial charge in [-0.25, -0.2) is 0 Å². The minimum absolute atomic E-state index is 0.0256. The van der Waals surface area contributed by atoms with Gasteiger partial charge in [0, 0.05) is 24.1 Å². The summed E-state index contributed by atoms with van der Waals surface area (Å²) in [4.78, 5) is 14.5. The molecule has 0 spiro atoms. The van der Waals surface area contributed by atoms with Gasteiger partial charge in [0.05, 0.1) is 16.9 Å². The van der Waals surface area contributed by atoms with Crippen LogP contribution in [-0.4, -0.2) is 15.1 Å². The zero-order valence-corrected chi connectivity index (χ0v) is 11.0. The molecule has 2 rings (SSSR count). The van der Waals surface area contributed by atoms with Gasteiger partial charge in [-0.05, 0) is 19.4 Å². The Hall–Kier alpha value is -2.75. The molecule has 1 atom stereocenters. The number of hydrogen-bond donors (Lipinski definition) is 0. The molecule has 0 aliphatic rings. The van der Waals surface area contributed by atoms with E-state index >= 15 is 0 Å². The van der Waals surface area contributed by atoms with E-state index in [1.807, 2.05) is 6.92 Å². The quantitative estimate of drug-likeness (QED) is 0.625. The number of nitro benzene ring substituents is 1. The summed E-state index contributed by atoms with van der Waals surface area (Å²) in [6.45, 7) is 3.56. The second-order valence-electron chi connectivity index (χ2n) is 4.50. The molecule has 0 bridgehead atoms. The topological polar surface area (TPSA) is 106 Å². The number of benzene rings is 1. The number of rotatable bonds is 4. The van der Waals surface area contributed by atoms with E-state index < -0.39 is 4.92 Å². The molecule has 20 heavy (non-hydrogen) atoms. The molecule has 1 unspecified atom stereocenters. The number of hydrogen-bond acceptors (Lipinski definition) is 6. The summed E-state index contributed by atoms with van der Waals surface area (Å²) >= 11 is 0. The van der Waals surface area contributed by atoms with Crippen molar-refractivity contribution in [1.82, 2.24) is 10.1 Å². The van der Waals surface area contributed by atoms with Crippen molar-refractivity contribution < 1.29 is 9.45 Å². The van der Waals surface area contributed by atoms with Crippen molar-refractivity contribution >= 4 is 5.69 Å². The number of nitrogens with zero attached hydrogens (tertiary/aromatic N) is 4. The molecule has 2 aromatic rings. The summed E-state index contributed by atoms with van der Waals surface area (Å²) in [5.74, 6) is 0.417. The molecule has 0 amide bonds. The molecular formula is C13H12N4O3. The first-order valence-corrected chi connectivity index (χ1v) is 5.99. The Labute approximate surface area is 115 Å². The molecule has 102 valence electrons. The van der Waals surface area contributed by atoms with Crippen LogP contribution in [0.15, 0.2) is 22.7 Å². The molecule has 1 aromatic carbocycles. The van der Waals surface area contributed by atoms with Gasteiger partial charge in [-0.3, -0.25) is 10.1 Å². The lowest BCUT2D eigenvalue weighted by Crippen LogP contribution is -1.96.